The van der Waals surface area contributed by atoms with Gasteiger partial charge in [0.25, 0.3) is 5.91 Å². The van der Waals surface area contributed by atoms with Crippen molar-refractivity contribution >= 4 is 17.8 Å². The molecule has 0 radical (unpaired) electrons. The van der Waals surface area contributed by atoms with Gasteiger partial charge in [-0.1, -0.05) is 0 Å². The summed E-state index contributed by atoms with van der Waals surface area (Å²) < 4.78 is 0. The van der Waals surface area contributed by atoms with Crippen molar-refractivity contribution in [2.24, 2.45) is 0 Å². The first-order valence-electron chi connectivity index (χ1n) is 6.22. The summed E-state index contributed by atoms with van der Waals surface area (Å²) in [5.41, 5.74) is -0.408. The van der Waals surface area contributed by atoms with Gasteiger partial charge in [-0.2, -0.15) is 0 Å². The molecule has 1 unspecified atom stereocenters. The second kappa shape index (κ2) is 5.32. The Morgan fingerprint density at radius 2 is 2.15 bits per heavy atom. The fourth-order valence-electron chi connectivity index (χ4n) is 2.32. The number of rotatable bonds is 3. The van der Waals surface area contributed by atoms with E-state index in [2.05, 4.69) is 9.97 Å². The highest BCUT2D eigenvalue weighted by molar-refractivity contribution is 6.03. The van der Waals surface area contributed by atoms with Gasteiger partial charge in [-0.25, -0.2) is 9.78 Å². The summed E-state index contributed by atoms with van der Waals surface area (Å²) in [7, 11) is 3.25. The van der Waals surface area contributed by atoms with Crippen molar-refractivity contribution in [2.75, 3.05) is 20.6 Å². The van der Waals surface area contributed by atoms with Crippen LogP contribution in [0.2, 0.25) is 0 Å². The number of carboxylic acids is 1. The zero-order chi connectivity index (χ0) is 14.9. The number of hydrogen-bond acceptors (Lipinski definition) is 4. The number of carboxylic acid groups (broad SMARTS) is 1. The maximum atomic E-state index is 12.4. The number of carbonyl (C=O) groups excluding carboxylic acids is 2. The van der Waals surface area contributed by atoms with Gasteiger partial charge in [-0.15, -0.1) is 0 Å². The molecule has 2 N–H and O–H groups in total. The molecule has 8 heteroatoms. The molecule has 0 aliphatic carbocycles. The first-order chi connectivity index (χ1) is 9.43. The van der Waals surface area contributed by atoms with Gasteiger partial charge in [-0.05, 0) is 12.8 Å². The molecule has 1 fully saturated rings. The lowest BCUT2D eigenvalue weighted by atomic mass is 10.2. The van der Waals surface area contributed by atoms with E-state index in [-0.39, 0.29) is 17.3 Å². The number of likely N-dealkylation sites (tertiary alicyclic amines) is 1. The number of aromatic carboxylic acids is 1. The van der Waals surface area contributed by atoms with Crippen LogP contribution in [-0.4, -0.2) is 69.3 Å². The van der Waals surface area contributed by atoms with E-state index in [0.717, 1.165) is 6.33 Å². The van der Waals surface area contributed by atoms with E-state index >= 15 is 0 Å². The van der Waals surface area contributed by atoms with E-state index in [9.17, 15) is 14.4 Å². The van der Waals surface area contributed by atoms with Crippen molar-refractivity contribution < 1.29 is 19.5 Å². The van der Waals surface area contributed by atoms with E-state index < -0.39 is 17.9 Å². The van der Waals surface area contributed by atoms with Crippen LogP contribution in [0.3, 0.4) is 0 Å². The quantitative estimate of drug-likeness (QED) is 0.797. The minimum Gasteiger partial charge on any atom is -0.477 e. The SMILES string of the molecule is CN(C)C(=O)C1CCCN1C(=O)c1nc[nH]c1C(=O)O. The van der Waals surface area contributed by atoms with Crippen molar-refractivity contribution in [3.05, 3.63) is 17.7 Å². The van der Waals surface area contributed by atoms with E-state index in [0.29, 0.717) is 19.4 Å². The summed E-state index contributed by atoms with van der Waals surface area (Å²) in [4.78, 5) is 44.4. The Hall–Kier alpha value is -2.38. The molecular weight excluding hydrogens is 264 g/mol. The Morgan fingerprint density at radius 1 is 1.45 bits per heavy atom. The van der Waals surface area contributed by atoms with Crippen molar-refractivity contribution in [2.45, 2.75) is 18.9 Å². The van der Waals surface area contributed by atoms with Gasteiger partial charge in [0.1, 0.15) is 6.04 Å². The van der Waals surface area contributed by atoms with Crippen LogP contribution in [-0.2, 0) is 4.79 Å². The molecule has 1 aromatic heterocycles. The number of carbonyl (C=O) groups is 3. The number of H-pyrrole nitrogens is 1. The Bertz CT molecular complexity index is 551. The molecule has 2 rings (SSSR count). The Morgan fingerprint density at radius 3 is 2.75 bits per heavy atom. The fourth-order valence-corrected chi connectivity index (χ4v) is 2.32. The highest BCUT2D eigenvalue weighted by Gasteiger charge is 2.37. The Kier molecular flexibility index (Phi) is 3.73. The maximum Gasteiger partial charge on any atom is 0.354 e. The molecule has 0 saturated carbocycles. The lowest BCUT2D eigenvalue weighted by Gasteiger charge is -2.25. The predicted octanol–water partition coefficient (Wildman–Crippen LogP) is -0.199. The smallest absolute Gasteiger partial charge is 0.354 e. The molecule has 1 atom stereocenters. The highest BCUT2D eigenvalue weighted by Crippen LogP contribution is 2.21. The number of imidazole rings is 1. The van der Waals surface area contributed by atoms with Gasteiger partial charge in [-0.3, -0.25) is 9.59 Å². The number of amides is 2. The van der Waals surface area contributed by atoms with Crippen LogP contribution in [0.5, 0.6) is 0 Å². The molecule has 0 bridgehead atoms. The summed E-state index contributed by atoms with van der Waals surface area (Å²) in [6, 6.07) is -0.546. The van der Waals surface area contributed by atoms with Crippen LogP contribution in [0.1, 0.15) is 33.8 Å². The highest BCUT2D eigenvalue weighted by atomic mass is 16.4. The zero-order valence-electron chi connectivity index (χ0n) is 11.3. The third-order valence-electron chi connectivity index (χ3n) is 3.30. The van der Waals surface area contributed by atoms with Crippen LogP contribution < -0.4 is 0 Å². The summed E-state index contributed by atoms with van der Waals surface area (Å²) in [6.45, 7) is 0.426. The van der Waals surface area contributed by atoms with Crippen LogP contribution in [0.25, 0.3) is 0 Å². The molecule has 108 valence electrons. The number of hydrogen-bond donors (Lipinski definition) is 2. The Labute approximate surface area is 115 Å². The molecule has 0 aromatic carbocycles. The number of likely N-dealkylation sites (N-methyl/N-ethyl adjacent to an activating group) is 1. The van der Waals surface area contributed by atoms with Crippen LogP contribution >= 0.6 is 0 Å². The number of aromatic nitrogens is 2. The molecule has 20 heavy (non-hydrogen) atoms. The second-order valence-electron chi connectivity index (χ2n) is 4.82. The monoisotopic (exact) mass is 280 g/mol. The minimum absolute atomic E-state index is 0.157. The van der Waals surface area contributed by atoms with E-state index in [1.807, 2.05) is 0 Å². The molecule has 8 nitrogen and oxygen atoms in total. The van der Waals surface area contributed by atoms with E-state index in [1.54, 1.807) is 14.1 Å². The molecule has 1 aromatic rings. The zero-order valence-corrected chi connectivity index (χ0v) is 11.3. The topological polar surface area (TPSA) is 107 Å². The van der Waals surface area contributed by atoms with Crippen LogP contribution in [0, 0.1) is 0 Å². The lowest BCUT2D eigenvalue weighted by molar-refractivity contribution is -0.132. The number of nitrogens with zero attached hydrogens (tertiary/aromatic N) is 3. The molecule has 2 amide bonds. The van der Waals surface area contributed by atoms with Crippen LogP contribution in [0.4, 0.5) is 0 Å². The standard InChI is InChI=1S/C12H16N4O4/c1-15(2)10(17)7-4-3-5-16(7)11(18)8-9(12(19)20)14-6-13-8/h6-7H,3-5H2,1-2H3,(H,13,14)(H,19,20). The third kappa shape index (κ3) is 2.36. The van der Waals surface area contributed by atoms with Crippen molar-refractivity contribution in [1.29, 1.82) is 0 Å². The third-order valence-corrected chi connectivity index (χ3v) is 3.30. The molecule has 1 aliphatic heterocycles. The van der Waals surface area contributed by atoms with E-state index in [1.165, 1.54) is 9.80 Å². The summed E-state index contributed by atoms with van der Waals surface area (Å²) in [6.07, 6.45) is 2.45. The van der Waals surface area contributed by atoms with Crippen LogP contribution in [0.15, 0.2) is 6.33 Å². The van der Waals surface area contributed by atoms with Crippen molar-refractivity contribution in [3.63, 3.8) is 0 Å². The van der Waals surface area contributed by atoms with Gasteiger partial charge in [0.05, 0.1) is 6.33 Å². The Balaban J connectivity index is 2.26. The summed E-state index contributed by atoms with van der Waals surface area (Å²) >= 11 is 0. The van der Waals surface area contributed by atoms with Gasteiger partial charge >= 0.3 is 5.97 Å². The summed E-state index contributed by atoms with van der Waals surface area (Å²) in [5.74, 6) is -1.94. The molecular formula is C12H16N4O4. The predicted molar refractivity (Wildman–Crippen MR) is 68.3 cm³/mol. The van der Waals surface area contributed by atoms with Gasteiger partial charge in [0.15, 0.2) is 11.4 Å². The first-order valence-corrected chi connectivity index (χ1v) is 6.22. The van der Waals surface area contributed by atoms with E-state index in [4.69, 9.17) is 5.11 Å². The number of nitrogens with one attached hydrogen (secondary N) is 1. The maximum absolute atomic E-state index is 12.4. The normalized spacial score (nSPS) is 18.1. The molecule has 1 aliphatic rings. The molecule has 0 spiro atoms. The lowest BCUT2D eigenvalue weighted by Crippen LogP contribution is -2.45. The molecule has 1 saturated heterocycles. The fraction of sp³-hybridized carbons (Fsp3) is 0.500. The summed E-state index contributed by atoms with van der Waals surface area (Å²) in [5, 5.41) is 8.99. The van der Waals surface area contributed by atoms with Crippen molar-refractivity contribution in [1.82, 2.24) is 19.8 Å². The molecule has 2 heterocycles. The largest absolute Gasteiger partial charge is 0.477 e. The van der Waals surface area contributed by atoms with Gasteiger partial charge < -0.3 is 19.9 Å². The average Bonchev–Trinajstić information content (AvgIpc) is 3.05. The minimum atomic E-state index is -1.25. The average molecular weight is 280 g/mol. The van der Waals surface area contributed by atoms with Gasteiger partial charge in [0, 0.05) is 20.6 Å². The van der Waals surface area contributed by atoms with Gasteiger partial charge in [0.2, 0.25) is 5.91 Å². The number of aromatic amines is 1. The van der Waals surface area contributed by atoms with Crippen molar-refractivity contribution in [3.8, 4) is 0 Å². The first kappa shape index (κ1) is 14.0. The second-order valence-corrected chi connectivity index (χ2v) is 4.82.